The first-order chi connectivity index (χ1) is 9.56. The molecule has 0 aliphatic carbocycles. The van der Waals surface area contributed by atoms with Crippen molar-refractivity contribution in [2.45, 2.75) is 25.3 Å². The Labute approximate surface area is 117 Å². The number of pyridine rings is 1. The number of aryl methyl sites for hydroxylation is 1. The third kappa shape index (κ3) is 3.23. The molecule has 0 amide bonds. The van der Waals surface area contributed by atoms with Crippen molar-refractivity contribution in [1.82, 2.24) is 10.3 Å². The first-order valence-corrected chi connectivity index (χ1v) is 6.66. The zero-order valence-corrected chi connectivity index (χ0v) is 11.8. The predicted molar refractivity (Wildman–Crippen MR) is 76.0 cm³/mol. The lowest BCUT2D eigenvalue weighted by Crippen LogP contribution is -2.49. The second-order valence-electron chi connectivity index (χ2n) is 5.17. The summed E-state index contributed by atoms with van der Waals surface area (Å²) in [6.45, 7) is 3.87. The molecule has 2 N–H and O–H groups in total. The number of ether oxygens (including phenoxy) is 1. The van der Waals surface area contributed by atoms with Crippen molar-refractivity contribution >= 4 is 11.5 Å². The Morgan fingerprint density at radius 2 is 2.40 bits per heavy atom. The minimum atomic E-state index is -0.417. The SMILES string of the molecule is COCC1(CNc2nc(C)ccc2[N+](=O)[O-])CCCN1. The molecule has 2 rings (SSSR count). The number of nitro groups is 1. The number of hydrogen-bond acceptors (Lipinski definition) is 6. The highest BCUT2D eigenvalue weighted by Gasteiger charge is 2.34. The largest absolute Gasteiger partial charge is 0.383 e. The van der Waals surface area contributed by atoms with Gasteiger partial charge in [-0.15, -0.1) is 0 Å². The summed E-state index contributed by atoms with van der Waals surface area (Å²) in [5.74, 6) is 0.319. The smallest absolute Gasteiger partial charge is 0.311 e. The van der Waals surface area contributed by atoms with Gasteiger partial charge in [-0.2, -0.15) is 0 Å². The monoisotopic (exact) mass is 280 g/mol. The van der Waals surface area contributed by atoms with Crippen LogP contribution >= 0.6 is 0 Å². The summed E-state index contributed by atoms with van der Waals surface area (Å²) in [6, 6.07) is 3.12. The molecular weight excluding hydrogens is 260 g/mol. The lowest BCUT2D eigenvalue weighted by atomic mass is 9.98. The van der Waals surface area contributed by atoms with Crippen molar-refractivity contribution in [1.29, 1.82) is 0 Å². The molecule has 1 aromatic rings. The van der Waals surface area contributed by atoms with E-state index in [4.69, 9.17) is 4.74 Å². The molecule has 0 saturated carbocycles. The van der Waals surface area contributed by atoms with Crippen LogP contribution in [0.15, 0.2) is 12.1 Å². The summed E-state index contributed by atoms with van der Waals surface area (Å²) >= 11 is 0. The molecule has 1 aliphatic heterocycles. The molecule has 7 nitrogen and oxygen atoms in total. The van der Waals surface area contributed by atoms with Gasteiger partial charge < -0.3 is 15.4 Å². The molecule has 1 aliphatic rings. The first kappa shape index (κ1) is 14.7. The predicted octanol–water partition coefficient (Wildman–Crippen LogP) is 1.48. The number of nitrogens with one attached hydrogen (secondary N) is 2. The van der Waals surface area contributed by atoms with E-state index < -0.39 is 4.92 Å². The minimum Gasteiger partial charge on any atom is -0.383 e. The van der Waals surface area contributed by atoms with Gasteiger partial charge in [-0.05, 0) is 32.4 Å². The van der Waals surface area contributed by atoms with Crippen molar-refractivity contribution in [3.63, 3.8) is 0 Å². The maximum atomic E-state index is 11.0. The summed E-state index contributed by atoms with van der Waals surface area (Å²) in [4.78, 5) is 14.8. The number of hydrogen-bond donors (Lipinski definition) is 2. The Balaban J connectivity index is 2.13. The van der Waals surface area contributed by atoms with Crippen molar-refractivity contribution in [2.24, 2.45) is 0 Å². The lowest BCUT2D eigenvalue weighted by Gasteiger charge is -2.29. The van der Waals surface area contributed by atoms with Crippen LogP contribution in [0, 0.1) is 17.0 Å². The van der Waals surface area contributed by atoms with Gasteiger partial charge in [0.05, 0.1) is 17.1 Å². The van der Waals surface area contributed by atoms with Crippen LogP contribution in [0.3, 0.4) is 0 Å². The van der Waals surface area contributed by atoms with Crippen molar-refractivity contribution in [2.75, 3.05) is 32.1 Å². The van der Waals surface area contributed by atoms with E-state index in [2.05, 4.69) is 15.6 Å². The van der Waals surface area contributed by atoms with Crippen molar-refractivity contribution < 1.29 is 9.66 Å². The standard InChI is InChI=1S/C13H20N4O3/c1-10-4-5-11(17(18)19)12(16-10)14-8-13(9-20-2)6-3-7-15-13/h4-5,15H,3,6-9H2,1-2H3,(H,14,16). The molecule has 1 saturated heterocycles. The van der Waals surface area contributed by atoms with Crippen LogP contribution in [0.25, 0.3) is 0 Å². The maximum Gasteiger partial charge on any atom is 0.311 e. The highest BCUT2D eigenvalue weighted by Crippen LogP contribution is 2.25. The van der Waals surface area contributed by atoms with Gasteiger partial charge in [0.1, 0.15) is 0 Å². The number of aromatic nitrogens is 1. The minimum absolute atomic E-state index is 0.00108. The van der Waals surface area contributed by atoms with E-state index in [9.17, 15) is 10.1 Å². The number of nitrogens with zero attached hydrogens (tertiary/aromatic N) is 2. The first-order valence-electron chi connectivity index (χ1n) is 6.66. The molecule has 1 fully saturated rings. The Morgan fingerprint density at radius 3 is 3.00 bits per heavy atom. The summed E-state index contributed by atoms with van der Waals surface area (Å²) in [5, 5.41) is 17.5. The van der Waals surface area contributed by atoms with Crippen LogP contribution in [-0.4, -0.2) is 42.3 Å². The maximum absolute atomic E-state index is 11.0. The lowest BCUT2D eigenvalue weighted by molar-refractivity contribution is -0.384. The van der Waals surface area contributed by atoms with Gasteiger partial charge in [0.15, 0.2) is 0 Å². The molecule has 110 valence electrons. The van der Waals surface area contributed by atoms with E-state index in [1.54, 1.807) is 13.2 Å². The Kier molecular flexibility index (Phi) is 4.51. The Bertz CT molecular complexity index is 487. The van der Waals surface area contributed by atoms with Crippen molar-refractivity contribution in [3.8, 4) is 0 Å². The van der Waals surface area contributed by atoms with Crippen LogP contribution in [0.5, 0.6) is 0 Å². The molecule has 1 aromatic heterocycles. The highest BCUT2D eigenvalue weighted by molar-refractivity contribution is 5.56. The zero-order valence-electron chi connectivity index (χ0n) is 11.8. The van der Waals surface area contributed by atoms with E-state index in [-0.39, 0.29) is 11.2 Å². The topological polar surface area (TPSA) is 89.3 Å². The molecule has 0 aromatic carbocycles. The van der Waals surface area contributed by atoms with Gasteiger partial charge >= 0.3 is 5.69 Å². The van der Waals surface area contributed by atoms with E-state index in [0.29, 0.717) is 19.0 Å². The highest BCUT2D eigenvalue weighted by atomic mass is 16.6. The summed E-state index contributed by atoms with van der Waals surface area (Å²) < 4.78 is 5.26. The fraction of sp³-hybridized carbons (Fsp3) is 0.615. The molecule has 0 bridgehead atoms. The third-order valence-electron chi connectivity index (χ3n) is 3.56. The molecule has 1 unspecified atom stereocenters. The van der Waals surface area contributed by atoms with E-state index in [1.807, 2.05) is 6.92 Å². The van der Waals surface area contributed by atoms with Crippen LogP contribution in [-0.2, 0) is 4.74 Å². The number of methoxy groups -OCH3 is 1. The van der Waals surface area contributed by atoms with Crippen molar-refractivity contribution in [3.05, 3.63) is 27.9 Å². The summed E-state index contributed by atoms with van der Waals surface area (Å²) in [5.41, 5.74) is 0.577. The molecule has 20 heavy (non-hydrogen) atoms. The van der Waals surface area contributed by atoms with E-state index in [1.165, 1.54) is 6.07 Å². The second-order valence-corrected chi connectivity index (χ2v) is 5.17. The molecule has 0 spiro atoms. The van der Waals surface area contributed by atoms with E-state index in [0.717, 1.165) is 25.1 Å². The molecular formula is C13H20N4O3. The van der Waals surface area contributed by atoms with Gasteiger partial charge in [-0.1, -0.05) is 0 Å². The number of anilines is 1. The zero-order chi connectivity index (χ0) is 14.6. The van der Waals surface area contributed by atoms with Crippen LogP contribution in [0.2, 0.25) is 0 Å². The summed E-state index contributed by atoms with van der Waals surface area (Å²) in [7, 11) is 1.66. The van der Waals surface area contributed by atoms with Gasteiger partial charge in [0.2, 0.25) is 5.82 Å². The Hall–Kier alpha value is -1.73. The third-order valence-corrected chi connectivity index (χ3v) is 3.56. The summed E-state index contributed by atoms with van der Waals surface area (Å²) in [6.07, 6.45) is 2.06. The van der Waals surface area contributed by atoms with Crippen LogP contribution in [0.4, 0.5) is 11.5 Å². The van der Waals surface area contributed by atoms with Gasteiger partial charge in [0, 0.05) is 25.4 Å². The second kappa shape index (κ2) is 6.15. The normalized spacial score (nSPS) is 21.9. The fourth-order valence-corrected chi connectivity index (χ4v) is 2.55. The van der Waals surface area contributed by atoms with E-state index >= 15 is 0 Å². The van der Waals surface area contributed by atoms with Crippen LogP contribution < -0.4 is 10.6 Å². The quantitative estimate of drug-likeness (QED) is 0.606. The van der Waals surface area contributed by atoms with Crippen LogP contribution in [0.1, 0.15) is 18.5 Å². The molecule has 0 radical (unpaired) electrons. The molecule has 2 heterocycles. The molecule has 7 heteroatoms. The van der Waals surface area contributed by atoms with Gasteiger partial charge in [0.25, 0.3) is 0 Å². The molecule has 1 atom stereocenters. The van der Waals surface area contributed by atoms with Gasteiger partial charge in [-0.3, -0.25) is 10.1 Å². The van der Waals surface area contributed by atoms with Gasteiger partial charge in [-0.25, -0.2) is 4.98 Å². The number of rotatable bonds is 6. The fourth-order valence-electron chi connectivity index (χ4n) is 2.55. The Morgan fingerprint density at radius 1 is 1.60 bits per heavy atom. The average molecular weight is 280 g/mol. The average Bonchev–Trinajstić information content (AvgIpc) is 2.86.